The molecule has 0 aromatic heterocycles. The fraction of sp³-hybridized carbons (Fsp3) is 0.750. The lowest BCUT2D eigenvalue weighted by Gasteiger charge is -2.01. The van der Waals surface area contributed by atoms with Gasteiger partial charge in [-0.1, -0.05) is 32.4 Å². The van der Waals surface area contributed by atoms with Gasteiger partial charge in [-0.25, -0.2) is 0 Å². The van der Waals surface area contributed by atoms with E-state index in [9.17, 15) is 0 Å². The van der Waals surface area contributed by atoms with Gasteiger partial charge in [-0.3, -0.25) is 0 Å². The molecular formula is C8H17N. The standard InChI is InChI=1S/C8H17N/c1-3-8(2)6-4-5-7-9/h4-5,8H,3,6-7,9H2,1-2H3/b5-4-/t8-/m1/s1. The van der Waals surface area contributed by atoms with Gasteiger partial charge in [0.2, 0.25) is 0 Å². The van der Waals surface area contributed by atoms with Gasteiger partial charge in [0, 0.05) is 6.54 Å². The molecule has 0 aliphatic carbocycles. The highest BCUT2D eigenvalue weighted by Crippen LogP contribution is 2.05. The Balaban J connectivity index is 3.15. The van der Waals surface area contributed by atoms with Crippen LogP contribution in [0, 0.1) is 5.92 Å². The molecule has 54 valence electrons. The molecule has 1 nitrogen and oxygen atoms in total. The van der Waals surface area contributed by atoms with Crippen molar-refractivity contribution in [2.75, 3.05) is 6.54 Å². The Hall–Kier alpha value is -0.300. The number of allylic oxidation sites excluding steroid dienone is 1. The lowest BCUT2D eigenvalue weighted by molar-refractivity contribution is 0.571. The summed E-state index contributed by atoms with van der Waals surface area (Å²) < 4.78 is 0. The van der Waals surface area contributed by atoms with E-state index in [1.54, 1.807) is 0 Å². The highest BCUT2D eigenvalue weighted by molar-refractivity contribution is 4.83. The third kappa shape index (κ3) is 5.57. The Morgan fingerprint density at radius 2 is 2.11 bits per heavy atom. The Morgan fingerprint density at radius 1 is 1.44 bits per heavy atom. The topological polar surface area (TPSA) is 26.0 Å². The lowest BCUT2D eigenvalue weighted by atomic mass is 10.1. The highest BCUT2D eigenvalue weighted by atomic mass is 14.5. The fourth-order valence-corrected chi connectivity index (χ4v) is 0.591. The number of nitrogens with two attached hydrogens (primary N) is 1. The smallest absolute Gasteiger partial charge is 0.0106 e. The maximum atomic E-state index is 5.27. The van der Waals surface area contributed by atoms with Gasteiger partial charge in [0.1, 0.15) is 0 Å². The largest absolute Gasteiger partial charge is 0.327 e. The zero-order chi connectivity index (χ0) is 7.11. The number of hydrogen-bond acceptors (Lipinski definition) is 1. The van der Waals surface area contributed by atoms with Gasteiger partial charge in [-0.15, -0.1) is 0 Å². The summed E-state index contributed by atoms with van der Waals surface area (Å²) in [5, 5.41) is 0. The van der Waals surface area contributed by atoms with Crippen molar-refractivity contribution in [2.45, 2.75) is 26.7 Å². The minimum Gasteiger partial charge on any atom is -0.327 e. The summed E-state index contributed by atoms with van der Waals surface area (Å²) >= 11 is 0. The summed E-state index contributed by atoms with van der Waals surface area (Å²) in [4.78, 5) is 0. The van der Waals surface area contributed by atoms with Gasteiger partial charge in [0.25, 0.3) is 0 Å². The molecule has 0 unspecified atom stereocenters. The second-order valence-electron chi connectivity index (χ2n) is 2.46. The van der Waals surface area contributed by atoms with Gasteiger partial charge in [-0.2, -0.15) is 0 Å². The lowest BCUT2D eigenvalue weighted by Crippen LogP contribution is -1.93. The van der Waals surface area contributed by atoms with Crippen LogP contribution in [0.4, 0.5) is 0 Å². The molecule has 0 aromatic carbocycles. The Morgan fingerprint density at radius 3 is 2.56 bits per heavy atom. The molecule has 0 radical (unpaired) electrons. The molecule has 0 aromatic rings. The van der Waals surface area contributed by atoms with Crippen LogP contribution in [-0.4, -0.2) is 6.54 Å². The van der Waals surface area contributed by atoms with Gasteiger partial charge in [0.15, 0.2) is 0 Å². The molecular weight excluding hydrogens is 110 g/mol. The van der Waals surface area contributed by atoms with E-state index in [2.05, 4.69) is 19.9 Å². The average Bonchev–Trinajstić information content (AvgIpc) is 1.89. The maximum Gasteiger partial charge on any atom is 0.0106 e. The van der Waals surface area contributed by atoms with Crippen LogP contribution >= 0.6 is 0 Å². The molecule has 0 saturated carbocycles. The molecule has 0 aliphatic rings. The molecule has 1 heteroatoms. The summed E-state index contributed by atoms with van der Waals surface area (Å²) in [5.74, 6) is 0.813. The predicted molar refractivity (Wildman–Crippen MR) is 42.3 cm³/mol. The molecule has 0 fully saturated rings. The van der Waals surface area contributed by atoms with E-state index in [1.807, 2.05) is 6.08 Å². The summed E-state index contributed by atoms with van der Waals surface area (Å²) in [7, 11) is 0. The van der Waals surface area contributed by atoms with Crippen LogP contribution in [0.1, 0.15) is 26.7 Å². The second-order valence-corrected chi connectivity index (χ2v) is 2.46. The first kappa shape index (κ1) is 8.70. The molecule has 2 N–H and O–H groups in total. The summed E-state index contributed by atoms with van der Waals surface area (Å²) in [5.41, 5.74) is 5.27. The third-order valence-corrected chi connectivity index (χ3v) is 1.54. The third-order valence-electron chi connectivity index (χ3n) is 1.54. The average molecular weight is 127 g/mol. The normalized spacial score (nSPS) is 14.6. The van der Waals surface area contributed by atoms with Gasteiger partial charge in [0.05, 0.1) is 0 Å². The molecule has 0 rings (SSSR count). The molecule has 0 aliphatic heterocycles. The van der Waals surface area contributed by atoms with E-state index >= 15 is 0 Å². The van der Waals surface area contributed by atoms with E-state index in [1.165, 1.54) is 12.8 Å². The predicted octanol–water partition coefficient (Wildman–Crippen LogP) is 1.94. The second kappa shape index (κ2) is 5.83. The van der Waals surface area contributed by atoms with E-state index < -0.39 is 0 Å². The van der Waals surface area contributed by atoms with Crippen LogP contribution in [0.2, 0.25) is 0 Å². The van der Waals surface area contributed by atoms with Crippen molar-refractivity contribution in [3.8, 4) is 0 Å². The first-order valence-corrected chi connectivity index (χ1v) is 3.66. The highest BCUT2D eigenvalue weighted by Gasteiger charge is 1.91. The van der Waals surface area contributed by atoms with Crippen LogP contribution in [0.25, 0.3) is 0 Å². The van der Waals surface area contributed by atoms with E-state index in [0.717, 1.165) is 5.92 Å². The van der Waals surface area contributed by atoms with E-state index in [-0.39, 0.29) is 0 Å². The van der Waals surface area contributed by atoms with Crippen LogP contribution in [0.5, 0.6) is 0 Å². The Kier molecular flexibility index (Phi) is 5.64. The van der Waals surface area contributed by atoms with Gasteiger partial charge < -0.3 is 5.73 Å². The van der Waals surface area contributed by atoms with Gasteiger partial charge >= 0.3 is 0 Å². The fourth-order valence-electron chi connectivity index (χ4n) is 0.591. The maximum absolute atomic E-state index is 5.27. The zero-order valence-corrected chi connectivity index (χ0v) is 6.43. The number of rotatable bonds is 4. The molecule has 0 bridgehead atoms. The summed E-state index contributed by atoms with van der Waals surface area (Å²) in [6.45, 7) is 5.14. The quantitative estimate of drug-likeness (QED) is 0.574. The number of hydrogen-bond donors (Lipinski definition) is 1. The van der Waals surface area contributed by atoms with Crippen molar-refractivity contribution in [1.82, 2.24) is 0 Å². The molecule has 0 amide bonds. The SMILES string of the molecule is CC[C@@H](C)C/C=C\CN. The van der Waals surface area contributed by atoms with Crippen LogP contribution in [0.3, 0.4) is 0 Å². The molecule has 1 atom stereocenters. The van der Waals surface area contributed by atoms with Gasteiger partial charge in [-0.05, 0) is 12.3 Å². The van der Waals surface area contributed by atoms with E-state index in [4.69, 9.17) is 5.73 Å². The monoisotopic (exact) mass is 127 g/mol. The Bertz CT molecular complexity index is 76.6. The first-order valence-electron chi connectivity index (χ1n) is 3.66. The van der Waals surface area contributed by atoms with Crippen molar-refractivity contribution in [1.29, 1.82) is 0 Å². The van der Waals surface area contributed by atoms with Crippen molar-refractivity contribution < 1.29 is 0 Å². The van der Waals surface area contributed by atoms with Crippen LogP contribution < -0.4 is 5.73 Å². The van der Waals surface area contributed by atoms with Crippen molar-refractivity contribution in [2.24, 2.45) is 11.7 Å². The summed E-state index contributed by atoms with van der Waals surface area (Å²) in [6, 6.07) is 0. The molecule has 0 saturated heterocycles. The molecule has 9 heavy (non-hydrogen) atoms. The molecule has 0 spiro atoms. The van der Waals surface area contributed by atoms with Crippen molar-refractivity contribution in [3.63, 3.8) is 0 Å². The van der Waals surface area contributed by atoms with Crippen molar-refractivity contribution in [3.05, 3.63) is 12.2 Å². The first-order chi connectivity index (χ1) is 4.31. The summed E-state index contributed by atoms with van der Waals surface area (Å²) in [6.07, 6.45) is 6.61. The minimum atomic E-state index is 0.677. The Labute approximate surface area is 57.9 Å². The van der Waals surface area contributed by atoms with E-state index in [0.29, 0.717) is 6.54 Å². The zero-order valence-electron chi connectivity index (χ0n) is 6.43. The minimum absolute atomic E-state index is 0.677. The van der Waals surface area contributed by atoms with Crippen LogP contribution in [-0.2, 0) is 0 Å². The van der Waals surface area contributed by atoms with Crippen LogP contribution in [0.15, 0.2) is 12.2 Å². The van der Waals surface area contributed by atoms with Crippen molar-refractivity contribution >= 4 is 0 Å². The molecule has 0 heterocycles.